The summed E-state index contributed by atoms with van der Waals surface area (Å²) < 4.78 is 20.5. The number of anilines is 1. The highest BCUT2D eigenvalue weighted by Gasteiger charge is 2.61. The van der Waals surface area contributed by atoms with Crippen LogP contribution in [-0.2, 0) is 32.6 Å². The fourth-order valence-corrected chi connectivity index (χ4v) is 9.12. The zero-order valence-electron chi connectivity index (χ0n) is 31.1. The molecule has 5 aliphatic rings. The highest BCUT2D eigenvalue weighted by atomic mass is 16.5. The zero-order chi connectivity index (χ0) is 37.9. The van der Waals surface area contributed by atoms with E-state index in [1.165, 1.54) is 12.5 Å². The van der Waals surface area contributed by atoms with E-state index in [4.69, 9.17) is 23.5 Å². The summed E-state index contributed by atoms with van der Waals surface area (Å²) in [4.78, 5) is 50.2. The number of rotatable bonds is 5. The number of hydrogen-bond donors (Lipinski definition) is 4. The van der Waals surface area contributed by atoms with E-state index < -0.39 is 41.6 Å². The highest BCUT2D eigenvalue weighted by Crippen LogP contribution is 2.61. The van der Waals surface area contributed by atoms with Crippen molar-refractivity contribution in [2.45, 2.75) is 77.2 Å². The number of amides is 3. The number of ether oxygens (including phenoxy) is 1. The minimum absolute atomic E-state index is 0.175. The van der Waals surface area contributed by atoms with Crippen molar-refractivity contribution >= 4 is 29.0 Å². The molecule has 2 unspecified atom stereocenters. The molecule has 55 heavy (non-hydrogen) atoms. The van der Waals surface area contributed by atoms with E-state index in [0.717, 1.165) is 51.1 Å². The number of nitrogens with one attached hydrogen (secondary N) is 4. The molecule has 3 aromatic carbocycles. The molecule has 10 bridgehead atoms. The Balaban J connectivity index is 1.23. The monoisotopic (exact) mass is 736 g/mol. The average molecular weight is 737 g/mol. The van der Waals surface area contributed by atoms with Crippen molar-refractivity contribution in [3.05, 3.63) is 112 Å². The van der Waals surface area contributed by atoms with Crippen LogP contribution in [0, 0.1) is 11.8 Å². The van der Waals surface area contributed by atoms with Gasteiger partial charge in [0, 0.05) is 41.3 Å². The predicted molar refractivity (Wildman–Crippen MR) is 203 cm³/mol. The van der Waals surface area contributed by atoms with Crippen molar-refractivity contribution in [2.24, 2.45) is 11.8 Å². The SMILES string of the molecule is CC(=O)N[C@H](C(=O)NC1Cc2ccc3c(c2)C24c5cccc(c5N[C@H]2O3)-c2cccc3c2C(=CC3)c2cnc(o2)-c2nc(oc24)[C@H](C(C)C)NC1=O)C(C)C. The van der Waals surface area contributed by atoms with E-state index in [9.17, 15) is 14.4 Å². The van der Waals surface area contributed by atoms with Crippen LogP contribution in [0.4, 0.5) is 5.69 Å². The number of para-hydroxylation sites is 1. The smallest absolute Gasteiger partial charge is 0.249 e. The fourth-order valence-electron chi connectivity index (χ4n) is 9.12. The van der Waals surface area contributed by atoms with Gasteiger partial charge in [-0.05, 0) is 46.6 Å². The molecule has 5 aromatic rings. The van der Waals surface area contributed by atoms with Gasteiger partial charge in [0.05, 0.1) is 6.20 Å². The van der Waals surface area contributed by atoms with Crippen LogP contribution < -0.4 is 26.0 Å². The summed E-state index contributed by atoms with van der Waals surface area (Å²) in [6.45, 7) is 9.02. The van der Waals surface area contributed by atoms with Crippen molar-refractivity contribution in [2.75, 3.05) is 5.32 Å². The van der Waals surface area contributed by atoms with Crippen LogP contribution in [-0.4, -0.2) is 46.0 Å². The van der Waals surface area contributed by atoms with Crippen molar-refractivity contribution < 1.29 is 28.0 Å². The van der Waals surface area contributed by atoms with Gasteiger partial charge in [-0.25, -0.2) is 9.97 Å². The topological polar surface area (TPSA) is 161 Å². The Hall–Kier alpha value is -6.17. The summed E-state index contributed by atoms with van der Waals surface area (Å²) in [6, 6.07) is 16.1. The highest BCUT2D eigenvalue weighted by molar-refractivity contribution is 5.97. The molecular formula is C43H40N6O6. The average Bonchev–Trinajstić information content (AvgIpc) is 3.98. The summed E-state index contributed by atoms with van der Waals surface area (Å²) in [6.07, 6.45) is 4.24. The molecule has 4 aliphatic heterocycles. The molecule has 2 aromatic heterocycles. The second-order valence-corrected chi connectivity index (χ2v) is 15.8. The molecule has 3 amide bonds. The third kappa shape index (κ3) is 4.79. The first-order chi connectivity index (χ1) is 26.5. The van der Waals surface area contributed by atoms with Gasteiger partial charge in [0.1, 0.15) is 29.3 Å². The molecule has 12 heteroatoms. The van der Waals surface area contributed by atoms with Gasteiger partial charge in [-0.15, -0.1) is 0 Å². The van der Waals surface area contributed by atoms with E-state index in [1.807, 2.05) is 45.9 Å². The Morgan fingerprint density at radius 3 is 2.60 bits per heavy atom. The standard InChI is InChI=1S/C43H40N6O6/c1-19(2)33(45-21(5)50)39(52)46-29-17-22-12-15-30-28(16-22)43-27-11-7-10-25(35(27)49-42(43)54-30)24-9-6-8-23-13-14-26(32(23)24)31-18-44-40(53-31)36-37(43)55-41(48-36)34(20(3)4)47-38(29)51/h6-12,14-16,18-20,29,33-34,42,49H,13,17H2,1-5H3,(H,45,50)(H,46,52)(H,47,51)/t29?,33-,34-,42-,43?/m0/s1. The maximum absolute atomic E-state index is 14.4. The quantitative estimate of drug-likeness (QED) is 0.175. The molecule has 5 atom stereocenters. The molecular weight excluding hydrogens is 697 g/mol. The maximum atomic E-state index is 14.4. The number of carbonyl (C=O) groups is 3. The number of aromatic nitrogens is 2. The summed E-state index contributed by atoms with van der Waals surface area (Å²) in [5.74, 6) is 0.765. The van der Waals surface area contributed by atoms with Crippen molar-refractivity contribution in [3.8, 4) is 28.5 Å². The number of hydrogen-bond acceptors (Lipinski definition) is 9. The minimum atomic E-state index is -1.06. The molecule has 1 spiro atoms. The van der Waals surface area contributed by atoms with Crippen LogP contribution >= 0.6 is 0 Å². The Morgan fingerprint density at radius 1 is 0.982 bits per heavy atom. The number of allylic oxidation sites excluding steroid dienone is 1. The lowest BCUT2D eigenvalue weighted by molar-refractivity contribution is -0.133. The molecule has 0 saturated heterocycles. The third-order valence-corrected chi connectivity index (χ3v) is 11.7. The number of nitrogens with zero attached hydrogens (tertiary/aromatic N) is 2. The van der Waals surface area contributed by atoms with Crippen LogP contribution in [0.25, 0.3) is 28.3 Å². The van der Waals surface area contributed by atoms with Crippen molar-refractivity contribution in [3.63, 3.8) is 0 Å². The number of oxazole rings is 2. The van der Waals surface area contributed by atoms with Gasteiger partial charge >= 0.3 is 0 Å². The zero-order valence-corrected chi connectivity index (χ0v) is 31.1. The van der Waals surface area contributed by atoms with Crippen LogP contribution in [0.1, 0.15) is 85.9 Å². The first kappa shape index (κ1) is 33.4. The van der Waals surface area contributed by atoms with E-state index in [2.05, 4.69) is 63.7 Å². The number of benzene rings is 3. The van der Waals surface area contributed by atoms with Crippen LogP contribution in [0.5, 0.6) is 5.75 Å². The van der Waals surface area contributed by atoms with Gasteiger partial charge in [0.15, 0.2) is 23.4 Å². The summed E-state index contributed by atoms with van der Waals surface area (Å²) in [5, 5.41) is 12.7. The Kier molecular flexibility index (Phi) is 7.24. The van der Waals surface area contributed by atoms with E-state index in [1.54, 1.807) is 6.20 Å². The lowest BCUT2D eigenvalue weighted by atomic mass is 9.72. The van der Waals surface area contributed by atoms with Crippen molar-refractivity contribution in [1.29, 1.82) is 0 Å². The lowest BCUT2D eigenvalue weighted by Crippen LogP contribution is -2.56. The normalized spacial score (nSPS) is 22.6. The molecule has 12 nitrogen and oxygen atoms in total. The van der Waals surface area contributed by atoms with E-state index >= 15 is 0 Å². The molecule has 1 aliphatic carbocycles. The van der Waals surface area contributed by atoms with E-state index in [0.29, 0.717) is 28.9 Å². The maximum Gasteiger partial charge on any atom is 0.249 e. The van der Waals surface area contributed by atoms with Gasteiger partial charge in [0.2, 0.25) is 29.5 Å². The first-order valence-corrected chi connectivity index (χ1v) is 18.9. The van der Waals surface area contributed by atoms with Gasteiger partial charge < -0.3 is 34.8 Å². The first-order valence-electron chi connectivity index (χ1n) is 18.9. The summed E-state index contributed by atoms with van der Waals surface area (Å²) in [7, 11) is 0. The molecule has 6 heterocycles. The Morgan fingerprint density at radius 2 is 1.80 bits per heavy atom. The fraction of sp³-hybridized carbons (Fsp3) is 0.326. The second kappa shape index (κ2) is 11.9. The Labute approximate surface area is 317 Å². The predicted octanol–water partition coefficient (Wildman–Crippen LogP) is 5.79. The third-order valence-electron chi connectivity index (χ3n) is 11.7. The molecule has 10 rings (SSSR count). The molecule has 0 fully saturated rings. The van der Waals surface area contributed by atoms with Gasteiger partial charge in [-0.2, -0.15) is 0 Å². The summed E-state index contributed by atoms with van der Waals surface area (Å²) >= 11 is 0. The largest absolute Gasteiger partial charge is 0.469 e. The van der Waals surface area contributed by atoms with Gasteiger partial charge in [-0.1, -0.05) is 82.3 Å². The van der Waals surface area contributed by atoms with Gasteiger partial charge in [-0.3, -0.25) is 14.4 Å². The molecule has 278 valence electrons. The molecule has 0 radical (unpaired) electrons. The lowest BCUT2D eigenvalue weighted by Gasteiger charge is -2.29. The van der Waals surface area contributed by atoms with Crippen LogP contribution in [0.3, 0.4) is 0 Å². The number of fused-ring (bicyclic) bond motifs is 7. The van der Waals surface area contributed by atoms with Crippen LogP contribution in [0.2, 0.25) is 0 Å². The minimum Gasteiger partial charge on any atom is -0.469 e. The summed E-state index contributed by atoms with van der Waals surface area (Å²) in [5.41, 5.74) is 8.24. The van der Waals surface area contributed by atoms with Gasteiger partial charge in [0.25, 0.3) is 0 Å². The van der Waals surface area contributed by atoms with E-state index in [-0.39, 0.29) is 30.1 Å². The molecule has 4 N–H and O–H groups in total. The number of carbonyl (C=O) groups excluding carboxylic acids is 3. The van der Waals surface area contributed by atoms with Crippen LogP contribution in [0.15, 0.2) is 75.7 Å². The molecule has 0 saturated carbocycles. The second-order valence-electron chi connectivity index (χ2n) is 15.8. The Bertz CT molecular complexity index is 2510. The van der Waals surface area contributed by atoms with Crippen molar-refractivity contribution in [1.82, 2.24) is 25.9 Å².